The quantitative estimate of drug-likeness (QED) is 0.665. The fourth-order valence-electron chi connectivity index (χ4n) is 1.84. The van der Waals surface area contributed by atoms with E-state index in [4.69, 9.17) is 9.26 Å². The van der Waals surface area contributed by atoms with Crippen LogP contribution in [0.4, 0.5) is 4.39 Å². The zero-order valence-electron chi connectivity index (χ0n) is 12.5. The number of aryl methyl sites for hydroxylation is 1. The van der Waals surface area contributed by atoms with Crippen molar-refractivity contribution in [2.24, 2.45) is 7.05 Å². The van der Waals surface area contributed by atoms with Crippen LogP contribution >= 0.6 is 0 Å². The molecule has 0 fully saturated rings. The Morgan fingerprint density at radius 2 is 2.00 bits per heavy atom. The molecule has 0 spiro atoms. The molecule has 0 aliphatic carbocycles. The van der Waals surface area contributed by atoms with Crippen LogP contribution in [0.1, 0.15) is 16.3 Å². The number of ether oxygens (including phenoxy) is 1. The summed E-state index contributed by atoms with van der Waals surface area (Å²) in [5.74, 6) is -0.773. The Balaban J connectivity index is 1.66. The fourth-order valence-corrected chi connectivity index (χ4v) is 1.84. The van der Waals surface area contributed by atoms with Crippen molar-refractivity contribution in [2.45, 2.75) is 6.61 Å². The molecule has 122 valence electrons. The zero-order valence-corrected chi connectivity index (χ0v) is 12.5. The van der Waals surface area contributed by atoms with E-state index in [-0.39, 0.29) is 35.4 Å². The molecule has 0 unspecified atom stereocenters. The number of carbonyl (C=O) groups is 1. The van der Waals surface area contributed by atoms with Gasteiger partial charge in [-0.2, -0.15) is 10.1 Å². The van der Waals surface area contributed by atoms with Crippen molar-refractivity contribution in [3.8, 4) is 11.5 Å². The summed E-state index contributed by atoms with van der Waals surface area (Å²) >= 11 is 0. The standard InChI is InChI=1S/C15H11FN4O4/c1-20-13(21)7-6-11(18-20)15(22)23-8-12-17-14(24-19-12)9-2-4-10(16)5-3-9/h2-7H,8H2,1H3. The largest absolute Gasteiger partial charge is 0.453 e. The molecule has 24 heavy (non-hydrogen) atoms. The molecule has 0 amide bonds. The van der Waals surface area contributed by atoms with Gasteiger partial charge in [-0.1, -0.05) is 5.16 Å². The van der Waals surface area contributed by atoms with Crippen molar-refractivity contribution < 1.29 is 18.4 Å². The van der Waals surface area contributed by atoms with Gasteiger partial charge in [0.2, 0.25) is 5.82 Å². The minimum Gasteiger partial charge on any atom is -0.453 e. The van der Waals surface area contributed by atoms with Gasteiger partial charge in [0.05, 0.1) is 0 Å². The molecular weight excluding hydrogens is 319 g/mol. The molecule has 8 nitrogen and oxygen atoms in total. The topological polar surface area (TPSA) is 100 Å². The maximum absolute atomic E-state index is 12.9. The van der Waals surface area contributed by atoms with Crippen molar-refractivity contribution in [2.75, 3.05) is 0 Å². The highest BCUT2D eigenvalue weighted by atomic mass is 19.1. The van der Waals surface area contributed by atoms with Gasteiger partial charge >= 0.3 is 5.97 Å². The van der Waals surface area contributed by atoms with Crippen LogP contribution in [0.15, 0.2) is 45.7 Å². The van der Waals surface area contributed by atoms with Gasteiger partial charge in [0, 0.05) is 18.7 Å². The van der Waals surface area contributed by atoms with Gasteiger partial charge in [-0.25, -0.2) is 13.9 Å². The van der Waals surface area contributed by atoms with E-state index >= 15 is 0 Å². The normalized spacial score (nSPS) is 10.6. The first-order valence-electron chi connectivity index (χ1n) is 6.83. The lowest BCUT2D eigenvalue weighted by Gasteiger charge is -2.02. The number of rotatable bonds is 4. The number of benzene rings is 1. The van der Waals surface area contributed by atoms with E-state index in [1.54, 1.807) is 0 Å². The minimum absolute atomic E-state index is 0.0145. The Bertz CT molecular complexity index is 933. The molecule has 0 saturated carbocycles. The van der Waals surface area contributed by atoms with E-state index in [1.807, 2.05) is 0 Å². The number of carbonyl (C=O) groups excluding carboxylic acids is 1. The molecule has 9 heteroatoms. The van der Waals surface area contributed by atoms with Crippen LogP contribution in [0.5, 0.6) is 0 Å². The molecule has 0 saturated heterocycles. The van der Waals surface area contributed by atoms with Gasteiger partial charge < -0.3 is 9.26 Å². The molecule has 0 radical (unpaired) electrons. The Kier molecular flexibility index (Phi) is 4.15. The van der Waals surface area contributed by atoms with E-state index in [0.29, 0.717) is 5.56 Å². The molecule has 0 N–H and O–H groups in total. The van der Waals surface area contributed by atoms with E-state index in [1.165, 1.54) is 43.4 Å². The number of hydrogen-bond donors (Lipinski definition) is 0. The first-order valence-corrected chi connectivity index (χ1v) is 6.83. The summed E-state index contributed by atoms with van der Waals surface area (Å²) in [6, 6.07) is 8.00. The molecule has 0 atom stereocenters. The van der Waals surface area contributed by atoms with Gasteiger partial charge in [0.25, 0.3) is 11.4 Å². The lowest BCUT2D eigenvalue weighted by Crippen LogP contribution is -2.21. The summed E-state index contributed by atoms with van der Waals surface area (Å²) in [7, 11) is 1.42. The van der Waals surface area contributed by atoms with Gasteiger partial charge in [-0.3, -0.25) is 4.79 Å². The summed E-state index contributed by atoms with van der Waals surface area (Å²) in [4.78, 5) is 27.1. The van der Waals surface area contributed by atoms with Gasteiger partial charge in [0.1, 0.15) is 5.82 Å². The predicted octanol–water partition coefficient (Wildman–Crippen LogP) is 1.33. The lowest BCUT2D eigenvalue weighted by molar-refractivity contribution is 0.0449. The Labute approximate surface area is 134 Å². The summed E-state index contributed by atoms with van der Waals surface area (Å²) < 4.78 is 23.9. The van der Waals surface area contributed by atoms with Crippen molar-refractivity contribution >= 4 is 5.97 Å². The van der Waals surface area contributed by atoms with Crippen LogP contribution in [0.25, 0.3) is 11.5 Å². The number of esters is 1. The van der Waals surface area contributed by atoms with Crippen molar-refractivity contribution in [3.63, 3.8) is 0 Å². The number of hydrogen-bond acceptors (Lipinski definition) is 7. The van der Waals surface area contributed by atoms with E-state index in [0.717, 1.165) is 4.68 Å². The molecule has 2 aromatic heterocycles. The van der Waals surface area contributed by atoms with Crippen LogP contribution in [0.3, 0.4) is 0 Å². The first-order chi connectivity index (χ1) is 11.5. The Morgan fingerprint density at radius 1 is 1.25 bits per heavy atom. The second-order valence-corrected chi connectivity index (χ2v) is 4.78. The molecule has 3 rings (SSSR count). The van der Waals surface area contributed by atoms with E-state index < -0.39 is 5.97 Å². The minimum atomic E-state index is -0.723. The van der Waals surface area contributed by atoms with Crippen LogP contribution in [-0.2, 0) is 18.4 Å². The summed E-state index contributed by atoms with van der Waals surface area (Å²) in [6.45, 7) is -0.228. The third-order valence-electron chi connectivity index (χ3n) is 3.06. The number of nitrogens with zero attached hydrogens (tertiary/aromatic N) is 4. The van der Waals surface area contributed by atoms with E-state index in [2.05, 4.69) is 15.2 Å². The monoisotopic (exact) mass is 330 g/mol. The SMILES string of the molecule is Cn1nc(C(=O)OCc2noc(-c3ccc(F)cc3)n2)ccc1=O. The van der Waals surface area contributed by atoms with Crippen LogP contribution in [0.2, 0.25) is 0 Å². The maximum Gasteiger partial charge on any atom is 0.359 e. The average Bonchev–Trinajstić information content (AvgIpc) is 3.05. The third-order valence-corrected chi connectivity index (χ3v) is 3.06. The highest BCUT2D eigenvalue weighted by Crippen LogP contribution is 2.17. The second kappa shape index (κ2) is 6.41. The molecule has 2 heterocycles. The van der Waals surface area contributed by atoms with Gasteiger partial charge in [-0.05, 0) is 30.3 Å². The zero-order chi connectivity index (χ0) is 17.1. The predicted molar refractivity (Wildman–Crippen MR) is 78.3 cm³/mol. The second-order valence-electron chi connectivity index (χ2n) is 4.78. The fraction of sp³-hybridized carbons (Fsp3) is 0.133. The van der Waals surface area contributed by atoms with Crippen molar-refractivity contribution in [1.82, 2.24) is 19.9 Å². The average molecular weight is 330 g/mol. The smallest absolute Gasteiger partial charge is 0.359 e. The highest BCUT2D eigenvalue weighted by Gasteiger charge is 2.14. The molecule has 0 aliphatic heterocycles. The number of halogens is 1. The van der Waals surface area contributed by atoms with E-state index in [9.17, 15) is 14.0 Å². The third kappa shape index (κ3) is 3.35. The Hall–Kier alpha value is -3.36. The lowest BCUT2D eigenvalue weighted by atomic mass is 10.2. The summed E-state index contributed by atoms with van der Waals surface area (Å²) in [5.41, 5.74) is 0.189. The summed E-state index contributed by atoms with van der Waals surface area (Å²) in [6.07, 6.45) is 0. The van der Waals surface area contributed by atoms with Crippen molar-refractivity contribution in [1.29, 1.82) is 0 Å². The van der Waals surface area contributed by atoms with Crippen molar-refractivity contribution in [3.05, 3.63) is 64.1 Å². The van der Waals surface area contributed by atoms with Gasteiger partial charge in [-0.15, -0.1) is 0 Å². The molecular formula is C15H11FN4O4. The highest BCUT2D eigenvalue weighted by molar-refractivity contribution is 5.86. The molecule has 0 bridgehead atoms. The maximum atomic E-state index is 12.9. The molecule has 3 aromatic rings. The van der Waals surface area contributed by atoms with Crippen LogP contribution in [-0.4, -0.2) is 25.9 Å². The van der Waals surface area contributed by atoms with Gasteiger partial charge in [0.15, 0.2) is 12.3 Å². The first kappa shape index (κ1) is 15.5. The molecule has 1 aromatic carbocycles. The summed E-state index contributed by atoms with van der Waals surface area (Å²) in [5, 5.41) is 7.46. The Morgan fingerprint density at radius 3 is 2.71 bits per heavy atom. The number of aromatic nitrogens is 4. The van der Waals surface area contributed by atoms with Crippen LogP contribution in [0, 0.1) is 5.82 Å². The van der Waals surface area contributed by atoms with Crippen LogP contribution < -0.4 is 5.56 Å². The molecule has 0 aliphatic rings.